The van der Waals surface area contributed by atoms with E-state index < -0.39 is 9.84 Å². The van der Waals surface area contributed by atoms with Gasteiger partial charge in [0.1, 0.15) is 5.82 Å². The molecule has 28 heavy (non-hydrogen) atoms. The van der Waals surface area contributed by atoms with Crippen LogP contribution in [0.1, 0.15) is 0 Å². The number of hydrogen-bond donors (Lipinski definition) is 1. The summed E-state index contributed by atoms with van der Waals surface area (Å²) in [4.78, 5) is 8.36. The summed E-state index contributed by atoms with van der Waals surface area (Å²) in [6.45, 7) is 0. The van der Waals surface area contributed by atoms with Crippen LogP contribution < -0.4 is 5.73 Å². The lowest BCUT2D eigenvalue weighted by Gasteiger charge is -2.07. The maximum atomic E-state index is 12.1. The van der Waals surface area contributed by atoms with Gasteiger partial charge in [-0.2, -0.15) is 4.98 Å². The molecule has 0 spiro atoms. The lowest BCUT2D eigenvalue weighted by atomic mass is 10.1. The second-order valence-electron chi connectivity index (χ2n) is 6.08. The number of nitrogens with zero attached hydrogens (tertiary/aromatic N) is 4. The molecule has 142 valence electrons. The number of para-hydroxylation sites is 1. The highest BCUT2D eigenvalue weighted by Crippen LogP contribution is 2.34. The van der Waals surface area contributed by atoms with E-state index in [9.17, 15) is 8.42 Å². The van der Waals surface area contributed by atoms with Gasteiger partial charge in [-0.1, -0.05) is 47.5 Å². The Hall–Kier alpha value is -2.68. The van der Waals surface area contributed by atoms with Crippen molar-refractivity contribution in [3.8, 4) is 16.9 Å². The predicted molar refractivity (Wildman–Crippen MR) is 110 cm³/mol. The third-order valence-electron chi connectivity index (χ3n) is 4.08. The molecule has 0 amide bonds. The molecule has 2 aromatic heterocycles. The van der Waals surface area contributed by atoms with Gasteiger partial charge in [0.05, 0.1) is 21.8 Å². The zero-order valence-electron chi connectivity index (χ0n) is 14.5. The minimum absolute atomic E-state index is 0.151. The molecule has 4 rings (SSSR count). The van der Waals surface area contributed by atoms with Crippen molar-refractivity contribution in [2.45, 2.75) is 5.16 Å². The molecule has 2 aromatic carbocycles. The molecule has 0 saturated carbocycles. The third-order valence-corrected chi connectivity index (χ3v) is 5.50. The molecule has 2 heterocycles. The Morgan fingerprint density at radius 2 is 1.68 bits per heavy atom. The lowest BCUT2D eigenvalue weighted by Crippen LogP contribution is -2.05. The average Bonchev–Trinajstić information content (AvgIpc) is 2.98. The zero-order chi connectivity index (χ0) is 20.1. The number of fused-ring (bicyclic) bond motifs is 1. The minimum atomic E-state index is -3.67. The number of anilines is 1. The van der Waals surface area contributed by atoms with Crippen molar-refractivity contribution < 1.29 is 8.42 Å². The van der Waals surface area contributed by atoms with E-state index in [2.05, 4.69) is 15.1 Å². The number of benzene rings is 2. The van der Waals surface area contributed by atoms with E-state index in [0.717, 1.165) is 6.26 Å². The summed E-state index contributed by atoms with van der Waals surface area (Å²) < 4.78 is 25.6. The molecule has 0 bridgehead atoms. The number of sulfone groups is 1. The van der Waals surface area contributed by atoms with Crippen molar-refractivity contribution >= 4 is 49.9 Å². The van der Waals surface area contributed by atoms with Crippen molar-refractivity contribution in [2.75, 3.05) is 12.0 Å². The Morgan fingerprint density at radius 3 is 2.32 bits per heavy atom. The van der Waals surface area contributed by atoms with Crippen molar-refractivity contribution in [3.63, 3.8) is 0 Å². The number of aromatic nitrogens is 4. The summed E-state index contributed by atoms with van der Waals surface area (Å²) in [6, 6.07) is 13.8. The van der Waals surface area contributed by atoms with Gasteiger partial charge in [-0.3, -0.25) is 0 Å². The highest BCUT2D eigenvalue weighted by Gasteiger charge is 2.23. The van der Waals surface area contributed by atoms with Gasteiger partial charge in [-0.15, -0.1) is 5.10 Å². The van der Waals surface area contributed by atoms with Gasteiger partial charge in [-0.25, -0.2) is 18.1 Å². The van der Waals surface area contributed by atoms with Crippen molar-refractivity contribution in [1.82, 2.24) is 19.7 Å². The van der Waals surface area contributed by atoms with Gasteiger partial charge in [0.15, 0.2) is 5.65 Å². The minimum Gasteiger partial charge on any atom is -0.383 e. The summed E-state index contributed by atoms with van der Waals surface area (Å²) in [5.74, 6) is 0.244. The molecule has 0 fully saturated rings. The van der Waals surface area contributed by atoms with Crippen molar-refractivity contribution in [1.29, 1.82) is 0 Å². The molecule has 0 radical (unpaired) electrons. The first kappa shape index (κ1) is 18.7. The molecular formula is C18H13Cl2N5O2S. The van der Waals surface area contributed by atoms with Crippen LogP contribution in [0.5, 0.6) is 0 Å². The molecule has 0 aliphatic rings. The van der Waals surface area contributed by atoms with Gasteiger partial charge in [-0.05, 0) is 24.3 Å². The Kier molecular flexibility index (Phi) is 4.49. The van der Waals surface area contributed by atoms with E-state index in [1.54, 1.807) is 48.5 Å². The fourth-order valence-corrected chi connectivity index (χ4v) is 3.63. The maximum absolute atomic E-state index is 12.1. The van der Waals surface area contributed by atoms with E-state index in [4.69, 9.17) is 28.9 Å². The molecule has 0 saturated heterocycles. The Labute approximate surface area is 170 Å². The quantitative estimate of drug-likeness (QED) is 0.493. The maximum Gasteiger partial charge on any atom is 0.249 e. The monoisotopic (exact) mass is 433 g/mol. The van der Waals surface area contributed by atoms with E-state index in [-0.39, 0.29) is 16.6 Å². The van der Waals surface area contributed by atoms with Crippen molar-refractivity contribution in [2.24, 2.45) is 0 Å². The first-order valence-corrected chi connectivity index (χ1v) is 10.7. The molecular weight excluding hydrogens is 421 g/mol. The van der Waals surface area contributed by atoms with E-state index in [0.29, 0.717) is 32.4 Å². The number of halogens is 2. The summed E-state index contributed by atoms with van der Waals surface area (Å²) in [5.41, 5.74) is 8.03. The van der Waals surface area contributed by atoms with Crippen LogP contribution in [0.15, 0.2) is 53.7 Å². The summed E-state index contributed by atoms with van der Waals surface area (Å²) in [7, 11) is -3.67. The lowest BCUT2D eigenvalue weighted by molar-refractivity contribution is 0.593. The van der Waals surface area contributed by atoms with Crippen LogP contribution in [0.2, 0.25) is 10.0 Å². The normalized spacial score (nSPS) is 11.8. The fraction of sp³-hybridized carbons (Fsp3) is 0.0556. The van der Waals surface area contributed by atoms with Crippen molar-refractivity contribution in [3.05, 3.63) is 58.6 Å². The number of nitrogens with two attached hydrogens (primary N) is 1. The smallest absolute Gasteiger partial charge is 0.249 e. The van der Waals surface area contributed by atoms with Gasteiger partial charge in [0.25, 0.3) is 0 Å². The first-order chi connectivity index (χ1) is 13.3. The number of hydrogen-bond acceptors (Lipinski definition) is 6. The van der Waals surface area contributed by atoms with Gasteiger partial charge < -0.3 is 5.73 Å². The molecule has 0 unspecified atom stereocenters. The van der Waals surface area contributed by atoms with Crippen LogP contribution in [-0.4, -0.2) is 34.4 Å². The topological polar surface area (TPSA) is 104 Å². The molecule has 4 aromatic rings. The SMILES string of the molecule is CS(=O)(=O)c1nc(-c2ccc(Cl)cc2)c2c(N)n(-c3ccccc3Cl)nc2n1. The highest BCUT2D eigenvalue weighted by atomic mass is 35.5. The van der Waals surface area contributed by atoms with Crippen LogP contribution in [0, 0.1) is 0 Å². The van der Waals surface area contributed by atoms with E-state index in [1.807, 2.05) is 0 Å². The first-order valence-electron chi connectivity index (χ1n) is 8.03. The van der Waals surface area contributed by atoms with E-state index in [1.165, 1.54) is 4.68 Å². The molecule has 0 atom stereocenters. The van der Waals surface area contributed by atoms with Gasteiger partial charge >= 0.3 is 0 Å². The van der Waals surface area contributed by atoms with Crippen LogP contribution in [-0.2, 0) is 9.84 Å². The van der Waals surface area contributed by atoms with Gasteiger partial charge in [0, 0.05) is 16.8 Å². The largest absolute Gasteiger partial charge is 0.383 e. The molecule has 0 aliphatic heterocycles. The summed E-state index contributed by atoms with van der Waals surface area (Å²) in [6.07, 6.45) is 1.04. The Morgan fingerprint density at radius 1 is 1.00 bits per heavy atom. The van der Waals surface area contributed by atoms with Gasteiger partial charge in [0.2, 0.25) is 15.0 Å². The second kappa shape index (κ2) is 6.73. The average molecular weight is 434 g/mol. The summed E-state index contributed by atoms with van der Waals surface area (Å²) >= 11 is 12.2. The zero-order valence-corrected chi connectivity index (χ0v) is 16.8. The molecule has 0 aliphatic carbocycles. The van der Waals surface area contributed by atoms with Crippen LogP contribution >= 0.6 is 23.2 Å². The molecule has 2 N–H and O–H groups in total. The molecule has 7 nitrogen and oxygen atoms in total. The third kappa shape index (κ3) is 3.19. The fourth-order valence-electron chi connectivity index (χ4n) is 2.78. The standard InChI is InChI=1S/C18H13Cl2N5O2S/c1-28(26,27)18-22-15(10-6-8-11(19)9-7-10)14-16(21)25(24-17(14)23-18)13-5-3-2-4-12(13)20/h2-9H,21H2,1H3. The highest BCUT2D eigenvalue weighted by molar-refractivity contribution is 7.90. The van der Waals surface area contributed by atoms with Crippen LogP contribution in [0.25, 0.3) is 28.0 Å². The second-order valence-corrected chi connectivity index (χ2v) is 8.83. The van der Waals surface area contributed by atoms with Crippen LogP contribution in [0.4, 0.5) is 5.82 Å². The number of nitrogen functional groups attached to an aromatic ring is 1. The predicted octanol–water partition coefficient (Wildman–Crippen LogP) is 3.78. The Balaban J connectivity index is 2.09. The van der Waals surface area contributed by atoms with Crippen LogP contribution in [0.3, 0.4) is 0 Å². The summed E-state index contributed by atoms with van der Waals surface area (Å²) in [5, 5.41) is 5.45. The number of rotatable bonds is 3. The molecule has 10 heteroatoms. The van der Waals surface area contributed by atoms with E-state index >= 15 is 0 Å². The Bertz CT molecular complexity index is 1320.